The van der Waals surface area contributed by atoms with Gasteiger partial charge < -0.3 is 15.5 Å². The number of guanidine groups is 1. The zero-order valence-electron chi connectivity index (χ0n) is 14.4. The lowest BCUT2D eigenvalue weighted by atomic mass is 10.1. The molecule has 0 aliphatic heterocycles. The van der Waals surface area contributed by atoms with Crippen LogP contribution in [0.4, 0.5) is 5.69 Å². The first-order valence-corrected chi connectivity index (χ1v) is 8.72. The highest BCUT2D eigenvalue weighted by atomic mass is 32.1. The van der Waals surface area contributed by atoms with Gasteiger partial charge in [0.2, 0.25) is 0 Å². The van der Waals surface area contributed by atoms with E-state index in [-0.39, 0.29) is 0 Å². The lowest BCUT2D eigenvalue weighted by Gasteiger charge is -2.16. The molecule has 2 rings (SSSR count). The number of nitrogens with zero attached hydrogens (tertiary/aromatic N) is 2. The Morgan fingerprint density at radius 3 is 2.65 bits per heavy atom. The molecular formula is C18H26N4S. The second-order valence-electron chi connectivity index (χ2n) is 5.69. The number of hydrogen-bond donors (Lipinski definition) is 2. The maximum absolute atomic E-state index is 4.29. The topological polar surface area (TPSA) is 39.7 Å². The zero-order valence-corrected chi connectivity index (χ0v) is 15.2. The molecule has 1 heterocycles. The Bertz CT molecular complexity index is 632. The highest BCUT2D eigenvalue weighted by Gasteiger charge is 2.03. The Labute approximate surface area is 143 Å². The molecule has 0 spiro atoms. The molecule has 0 bridgehead atoms. The van der Waals surface area contributed by atoms with Crippen LogP contribution in [0, 0.1) is 6.92 Å². The second kappa shape index (κ2) is 8.58. The van der Waals surface area contributed by atoms with Crippen LogP contribution in [0.15, 0.2) is 40.7 Å². The van der Waals surface area contributed by atoms with Crippen molar-refractivity contribution in [2.24, 2.45) is 4.99 Å². The quantitative estimate of drug-likeness (QED) is 0.632. The van der Waals surface area contributed by atoms with Crippen LogP contribution in [0.5, 0.6) is 0 Å². The fourth-order valence-electron chi connectivity index (χ4n) is 2.32. The number of thiophene rings is 1. The number of hydrogen-bond acceptors (Lipinski definition) is 3. The van der Waals surface area contributed by atoms with Crippen molar-refractivity contribution in [2.45, 2.75) is 19.9 Å². The van der Waals surface area contributed by atoms with E-state index in [0.717, 1.165) is 25.5 Å². The van der Waals surface area contributed by atoms with E-state index < -0.39 is 0 Å². The average Bonchev–Trinajstić information content (AvgIpc) is 3.04. The van der Waals surface area contributed by atoms with E-state index in [1.165, 1.54) is 21.7 Å². The Kier molecular flexibility index (Phi) is 6.47. The Morgan fingerprint density at radius 1 is 1.22 bits per heavy atom. The number of nitrogens with one attached hydrogen (secondary N) is 2. The zero-order chi connectivity index (χ0) is 16.7. The molecular weight excluding hydrogens is 304 g/mol. The predicted octanol–water partition coefficient (Wildman–Crippen LogP) is 3.03. The summed E-state index contributed by atoms with van der Waals surface area (Å²) in [5.74, 6) is 0.845. The Balaban J connectivity index is 1.83. The number of benzene rings is 1. The summed E-state index contributed by atoms with van der Waals surface area (Å²) in [5.41, 5.74) is 3.80. The largest absolute Gasteiger partial charge is 0.378 e. The smallest absolute Gasteiger partial charge is 0.191 e. The van der Waals surface area contributed by atoms with Crippen molar-refractivity contribution in [3.63, 3.8) is 0 Å². The molecule has 0 fully saturated rings. The van der Waals surface area contributed by atoms with E-state index in [1.54, 1.807) is 11.3 Å². The fraction of sp³-hybridized carbons (Fsp3) is 0.389. The molecule has 4 nitrogen and oxygen atoms in total. The SMILES string of the molecule is CN=C(NCCc1cccs1)NCc1ccc(N(C)C)cc1C. The van der Waals surface area contributed by atoms with Crippen LogP contribution in [0.3, 0.4) is 0 Å². The highest BCUT2D eigenvalue weighted by Crippen LogP contribution is 2.17. The van der Waals surface area contributed by atoms with Gasteiger partial charge in [0.25, 0.3) is 0 Å². The minimum absolute atomic E-state index is 0.776. The standard InChI is InChI=1S/C18H26N4S/c1-14-12-16(22(3)4)8-7-15(14)13-21-18(19-2)20-10-9-17-6-5-11-23-17/h5-8,11-12H,9-10,13H2,1-4H3,(H2,19,20,21). The summed E-state index contributed by atoms with van der Waals surface area (Å²) in [4.78, 5) is 7.80. The number of aliphatic imine (C=N–C) groups is 1. The fourth-order valence-corrected chi connectivity index (χ4v) is 3.02. The van der Waals surface area contributed by atoms with Gasteiger partial charge in [0.15, 0.2) is 5.96 Å². The van der Waals surface area contributed by atoms with Crippen LogP contribution in [0.2, 0.25) is 0 Å². The van der Waals surface area contributed by atoms with E-state index in [9.17, 15) is 0 Å². The summed E-state index contributed by atoms with van der Waals surface area (Å²) in [7, 11) is 5.93. The molecule has 5 heteroatoms. The van der Waals surface area contributed by atoms with Crippen molar-refractivity contribution >= 4 is 23.0 Å². The Hall–Kier alpha value is -2.01. The minimum Gasteiger partial charge on any atom is -0.378 e. The first kappa shape index (κ1) is 17.3. The summed E-state index contributed by atoms with van der Waals surface area (Å²) >= 11 is 1.79. The van der Waals surface area contributed by atoms with Gasteiger partial charge in [0, 0.05) is 44.8 Å². The molecule has 1 aromatic carbocycles. The van der Waals surface area contributed by atoms with Crippen LogP contribution in [-0.2, 0) is 13.0 Å². The first-order chi connectivity index (χ1) is 11.1. The molecule has 0 unspecified atom stereocenters. The van der Waals surface area contributed by atoms with Crippen LogP contribution in [0.25, 0.3) is 0 Å². The lowest BCUT2D eigenvalue weighted by Crippen LogP contribution is -2.37. The molecule has 0 saturated carbocycles. The molecule has 124 valence electrons. The van der Waals surface area contributed by atoms with E-state index in [2.05, 4.69) is 77.3 Å². The van der Waals surface area contributed by atoms with Crippen LogP contribution in [0.1, 0.15) is 16.0 Å². The Morgan fingerprint density at radius 2 is 2.04 bits per heavy atom. The van der Waals surface area contributed by atoms with E-state index in [0.29, 0.717) is 0 Å². The van der Waals surface area contributed by atoms with E-state index in [4.69, 9.17) is 0 Å². The molecule has 2 N–H and O–H groups in total. The monoisotopic (exact) mass is 330 g/mol. The molecule has 2 aromatic rings. The highest BCUT2D eigenvalue weighted by molar-refractivity contribution is 7.09. The van der Waals surface area contributed by atoms with Gasteiger partial charge in [0.1, 0.15) is 0 Å². The maximum Gasteiger partial charge on any atom is 0.191 e. The summed E-state index contributed by atoms with van der Waals surface area (Å²) in [6.07, 6.45) is 1.02. The third-order valence-corrected chi connectivity index (χ3v) is 4.69. The molecule has 1 aromatic heterocycles. The third-order valence-electron chi connectivity index (χ3n) is 3.76. The normalized spacial score (nSPS) is 11.4. The minimum atomic E-state index is 0.776. The molecule has 0 atom stereocenters. The van der Waals surface area contributed by atoms with E-state index >= 15 is 0 Å². The predicted molar refractivity (Wildman–Crippen MR) is 102 cm³/mol. The van der Waals surface area contributed by atoms with Gasteiger partial charge in [-0.15, -0.1) is 11.3 Å². The van der Waals surface area contributed by atoms with Crippen molar-refractivity contribution < 1.29 is 0 Å². The van der Waals surface area contributed by atoms with Gasteiger partial charge in [-0.1, -0.05) is 12.1 Å². The second-order valence-corrected chi connectivity index (χ2v) is 6.72. The molecule has 0 amide bonds. The van der Waals surface area contributed by atoms with Crippen LogP contribution < -0.4 is 15.5 Å². The summed E-state index contributed by atoms with van der Waals surface area (Å²) in [6, 6.07) is 10.8. The van der Waals surface area contributed by atoms with Crippen molar-refractivity contribution in [1.29, 1.82) is 0 Å². The third kappa shape index (κ3) is 5.28. The van der Waals surface area contributed by atoms with Crippen molar-refractivity contribution in [3.05, 3.63) is 51.7 Å². The average molecular weight is 331 g/mol. The van der Waals surface area contributed by atoms with Gasteiger partial charge >= 0.3 is 0 Å². The first-order valence-electron chi connectivity index (χ1n) is 7.84. The number of rotatable bonds is 6. The van der Waals surface area contributed by atoms with Gasteiger partial charge in [-0.05, 0) is 48.1 Å². The molecule has 0 aliphatic rings. The van der Waals surface area contributed by atoms with Crippen molar-refractivity contribution in [2.75, 3.05) is 32.6 Å². The van der Waals surface area contributed by atoms with Crippen molar-refractivity contribution in [3.8, 4) is 0 Å². The molecule has 23 heavy (non-hydrogen) atoms. The van der Waals surface area contributed by atoms with Crippen LogP contribution in [-0.4, -0.2) is 33.6 Å². The molecule has 0 aliphatic carbocycles. The lowest BCUT2D eigenvalue weighted by molar-refractivity contribution is 0.797. The van der Waals surface area contributed by atoms with Crippen molar-refractivity contribution in [1.82, 2.24) is 10.6 Å². The van der Waals surface area contributed by atoms with Gasteiger partial charge in [-0.25, -0.2) is 0 Å². The summed E-state index contributed by atoms with van der Waals surface area (Å²) in [5, 5.41) is 8.86. The van der Waals surface area contributed by atoms with Gasteiger partial charge in [-0.3, -0.25) is 4.99 Å². The maximum atomic E-state index is 4.29. The molecule has 0 radical (unpaired) electrons. The molecule has 0 saturated heterocycles. The van der Waals surface area contributed by atoms with Gasteiger partial charge in [0.05, 0.1) is 0 Å². The number of anilines is 1. The van der Waals surface area contributed by atoms with Crippen LogP contribution >= 0.6 is 11.3 Å². The van der Waals surface area contributed by atoms with Gasteiger partial charge in [-0.2, -0.15) is 0 Å². The summed E-state index contributed by atoms with van der Waals surface area (Å²) < 4.78 is 0. The summed E-state index contributed by atoms with van der Waals surface area (Å²) in [6.45, 7) is 3.81. The number of aryl methyl sites for hydroxylation is 1. The van der Waals surface area contributed by atoms with E-state index in [1.807, 2.05) is 7.05 Å².